The molecule has 1 aromatic heterocycles. The van der Waals surface area contributed by atoms with Crippen molar-refractivity contribution in [2.24, 2.45) is 0 Å². The van der Waals surface area contributed by atoms with Gasteiger partial charge in [-0.25, -0.2) is 0 Å². The van der Waals surface area contributed by atoms with E-state index in [1.165, 1.54) is 18.4 Å². The molecule has 1 aromatic carbocycles. The molecule has 0 saturated heterocycles. The topological polar surface area (TPSA) is 47.6 Å². The highest BCUT2D eigenvalue weighted by Gasteiger charge is 2.35. The Morgan fingerprint density at radius 3 is 2.84 bits per heavy atom. The Labute approximate surface area is 151 Å². The van der Waals surface area contributed by atoms with Gasteiger partial charge in [-0.2, -0.15) is 11.3 Å². The van der Waals surface area contributed by atoms with E-state index in [0.29, 0.717) is 6.54 Å². The molecule has 0 unspecified atom stereocenters. The maximum Gasteiger partial charge on any atom is 0.244 e. The van der Waals surface area contributed by atoms with Gasteiger partial charge in [-0.05, 0) is 59.0 Å². The molecule has 2 aliphatic rings. The van der Waals surface area contributed by atoms with Gasteiger partial charge in [-0.3, -0.25) is 4.79 Å². The first-order valence-corrected chi connectivity index (χ1v) is 9.58. The second kappa shape index (κ2) is 6.92. The molecule has 1 fully saturated rings. The van der Waals surface area contributed by atoms with Crippen molar-refractivity contribution < 1.29 is 14.3 Å². The minimum atomic E-state index is -0.0563. The van der Waals surface area contributed by atoms with E-state index in [1.54, 1.807) is 17.4 Å². The van der Waals surface area contributed by atoms with Gasteiger partial charge in [-0.15, -0.1) is 0 Å². The van der Waals surface area contributed by atoms with E-state index >= 15 is 0 Å². The van der Waals surface area contributed by atoms with Crippen LogP contribution < -0.4 is 14.8 Å². The summed E-state index contributed by atoms with van der Waals surface area (Å²) in [7, 11) is 0. The molecule has 0 radical (unpaired) electrons. The summed E-state index contributed by atoms with van der Waals surface area (Å²) in [5.74, 6) is 1.42. The molecule has 0 bridgehead atoms. The Bertz CT molecular complexity index is 776. The summed E-state index contributed by atoms with van der Waals surface area (Å²) in [6.45, 7) is 0.960. The van der Waals surface area contributed by atoms with Gasteiger partial charge in [0.05, 0.1) is 0 Å². The molecule has 0 atom stereocenters. The Balaban J connectivity index is 1.39. The summed E-state index contributed by atoms with van der Waals surface area (Å²) < 4.78 is 10.7. The zero-order valence-electron chi connectivity index (χ0n) is 14.0. The van der Waals surface area contributed by atoms with Crippen molar-refractivity contribution in [3.63, 3.8) is 0 Å². The normalized spacial score (nSPS) is 17.9. The molecule has 1 saturated carbocycles. The predicted molar refractivity (Wildman–Crippen MR) is 99.1 cm³/mol. The molecule has 1 N–H and O–H groups in total. The van der Waals surface area contributed by atoms with Crippen LogP contribution in [0.1, 0.15) is 36.8 Å². The number of rotatable bonds is 5. The van der Waals surface area contributed by atoms with Crippen LogP contribution in [0.4, 0.5) is 0 Å². The van der Waals surface area contributed by atoms with E-state index < -0.39 is 0 Å². The Morgan fingerprint density at radius 2 is 2.04 bits per heavy atom. The zero-order valence-corrected chi connectivity index (χ0v) is 14.8. The summed E-state index contributed by atoms with van der Waals surface area (Å²) >= 11 is 1.73. The van der Waals surface area contributed by atoms with Crippen LogP contribution in [0.2, 0.25) is 0 Å². The average molecular weight is 355 g/mol. The molecule has 4 rings (SSSR count). The molecule has 1 aliphatic carbocycles. The van der Waals surface area contributed by atoms with Crippen molar-refractivity contribution in [3.8, 4) is 11.5 Å². The van der Waals surface area contributed by atoms with Gasteiger partial charge < -0.3 is 14.8 Å². The van der Waals surface area contributed by atoms with Gasteiger partial charge >= 0.3 is 0 Å². The molecule has 1 aliphatic heterocycles. The fraction of sp³-hybridized carbons (Fsp3) is 0.350. The molecule has 130 valence electrons. The van der Waals surface area contributed by atoms with Gasteiger partial charge in [-0.1, -0.05) is 18.9 Å². The van der Waals surface area contributed by atoms with Crippen LogP contribution in [0, 0.1) is 0 Å². The van der Waals surface area contributed by atoms with Crippen LogP contribution >= 0.6 is 11.3 Å². The van der Waals surface area contributed by atoms with E-state index in [1.807, 2.05) is 24.3 Å². The van der Waals surface area contributed by atoms with Crippen molar-refractivity contribution >= 4 is 23.3 Å². The lowest BCUT2D eigenvalue weighted by molar-refractivity contribution is -0.116. The highest BCUT2D eigenvalue weighted by Crippen LogP contribution is 2.41. The van der Waals surface area contributed by atoms with Gasteiger partial charge in [0.1, 0.15) is 0 Å². The van der Waals surface area contributed by atoms with Crippen LogP contribution in [0.15, 0.2) is 41.1 Å². The number of amides is 1. The van der Waals surface area contributed by atoms with E-state index in [-0.39, 0.29) is 18.1 Å². The second-order valence-corrected chi connectivity index (χ2v) is 7.44. The van der Waals surface area contributed by atoms with Gasteiger partial charge in [0.2, 0.25) is 12.7 Å². The molecular formula is C20H21NO3S. The summed E-state index contributed by atoms with van der Waals surface area (Å²) in [5, 5.41) is 7.44. The van der Waals surface area contributed by atoms with Crippen LogP contribution in [0.3, 0.4) is 0 Å². The lowest BCUT2D eigenvalue weighted by Gasteiger charge is -2.28. The number of benzene rings is 1. The first-order valence-electron chi connectivity index (χ1n) is 8.63. The Kier molecular flexibility index (Phi) is 4.49. The summed E-state index contributed by atoms with van der Waals surface area (Å²) in [4.78, 5) is 12.3. The number of nitrogens with one attached hydrogen (secondary N) is 1. The number of hydrogen-bond donors (Lipinski definition) is 1. The fourth-order valence-electron chi connectivity index (χ4n) is 3.69. The number of carbonyl (C=O) groups is 1. The minimum absolute atomic E-state index is 0.0563. The average Bonchev–Trinajstić information content (AvgIpc) is 3.39. The van der Waals surface area contributed by atoms with Crippen molar-refractivity contribution in [1.29, 1.82) is 0 Å². The van der Waals surface area contributed by atoms with Crippen molar-refractivity contribution in [2.45, 2.75) is 31.1 Å². The van der Waals surface area contributed by atoms with Gasteiger partial charge in [0.25, 0.3) is 0 Å². The van der Waals surface area contributed by atoms with E-state index in [2.05, 4.69) is 22.1 Å². The van der Waals surface area contributed by atoms with Crippen LogP contribution in [0.25, 0.3) is 6.08 Å². The Hall–Kier alpha value is -2.27. The molecule has 0 spiro atoms. The smallest absolute Gasteiger partial charge is 0.244 e. The Morgan fingerprint density at radius 1 is 1.20 bits per heavy atom. The lowest BCUT2D eigenvalue weighted by atomic mass is 9.80. The molecule has 25 heavy (non-hydrogen) atoms. The molecule has 2 heterocycles. The van der Waals surface area contributed by atoms with Gasteiger partial charge in [0.15, 0.2) is 11.5 Å². The lowest BCUT2D eigenvalue weighted by Crippen LogP contribution is -2.38. The van der Waals surface area contributed by atoms with Crippen molar-refractivity contribution in [1.82, 2.24) is 5.32 Å². The molecule has 1 amide bonds. The van der Waals surface area contributed by atoms with E-state index in [0.717, 1.165) is 29.9 Å². The largest absolute Gasteiger partial charge is 0.454 e. The van der Waals surface area contributed by atoms with Crippen molar-refractivity contribution in [3.05, 3.63) is 52.2 Å². The number of fused-ring (bicyclic) bond motifs is 1. The molecule has 2 aromatic rings. The third kappa shape index (κ3) is 3.42. The summed E-state index contributed by atoms with van der Waals surface area (Å²) in [6.07, 6.45) is 8.17. The van der Waals surface area contributed by atoms with Crippen molar-refractivity contribution in [2.75, 3.05) is 13.3 Å². The van der Waals surface area contributed by atoms with Crippen LogP contribution in [-0.2, 0) is 10.2 Å². The highest BCUT2D eigenvalue weighted by atomic mass is 32.1. The summed E-state index contributed by atoms with van der Waals surface area (Å²) in [6, 6.07) is 7.87. The standard InChI is InChI=1S/C20H21NO3S/c22-19(6-4-15-3-5-17-18(11-15)24-14-23-17)21-13-20(8-1-2-9-20)16-7-10-25-12-16/h3-7,10-12H,1-2,8-9,13-14H2,(H,21,22)/b6-4+. The number of hydrogen-bond acceptors (Lipinski definition) is 4. The first kappa shape index (κ1) is 16.2. The van der Waals surface area contributed by atoms with Crippen LogP contribution in [0.5, 0.6) is 11.5 Å². The maximum absolute atomic E-state index is 12.3. The SMILES string of the molecule is O=C(/C=C/c1ccc2c(c1)OCO2)NCC1(c2ccsc2)CCCC1. The minimum Gasteiger partial charge on any atom is -0.454 e. The van der Waals surface area contributed by atoms with E-state index in [9.17, 15) is 4.79 Å². The highest BCUT2D eigenvalue weighted by molar-refractivity contribution is 7.08. The number of thiophene rings is 1. The maximum atomic E-state index is 12.3. The molecule has 5 heteroatoms. The quantitative estimate of drug-likeness (QED) is 0.821. The van der Waals surface area contributed by atoms with Gasteiger partial charge in [0, 0.05) is 18.0 Å². The third-order valence-corrected chi connectivity index (χ3v) is 5.80. The number of carbonyl (C=O) groups excluding carboxylic acids is 1. The predicted octanol–water partition coefficient (Wildman–Crippen LogP) is 4.12. The summed E-state index contributed by atoms with van der Waals surface area (Å²) in [5.41, 5.74) is 2.41. The monoisotopic (exact) mass is 355 g/mol. The van der Waals surface area contributed by atoms with Crippen LogP contribution in [-0.4, -0.2) is 19.2 Å². The first-order chi connectivity index (χ1) is 12.3. The van der Waals surface area contributed by atoms with E-state index in [4.69, 9.17) is 9.47 Å². The molecule has 4 nitrogen and oxygen atoms in total. The number of ether oxygens (including phenoxy) is 2. The zero-order chi connectivity index (χ0) is 17.1. The second-order valence-electron chi connectivity index (χ2n) is 6.66. The molecular weight excluding hydrogens is 334 g/mol. The third-order valence-electron chi connectivity index (χ3n) is 5.12. The fourth-order valence-corrected chi connectivity index (χ4v) is 4.47.